The number of carboxylic acid groups (broad SMARTS) is 1. The van der Waals surface area contributed by atoms with Gasteiger partial charge in [0.15, 0.2) is 0 Å². The van der Waals surface area contributed by atoms with Gasteiger partial charge in [-0.25, -0.2) is 4.79 Å². The fourth-order valence-corrected chi connectivity index (χ4v) is 3.08. The van der Waals surface area contributed by atoms with Gasteiger partial charge in [-0.2, -0.15) is 11.8 Å². The summed E-state index contributed by atoms with van der Waals surface area (Å²) in [5.74, 6) is 0.0529. The van der Waals surface area contributed by atoms with Crippen molar-refractivity contribution in [1.29, 1.82) is 0 Å². The van der Waals surface area contributed by atoms with Gasteiger partial charge in [-0.3, -0.25) is 4.79 Å². The second-order valence-corrected chi connectivity index (χ2v) is 5.64. The Hall–Kier alpha value is -1.49. The third-order valence-electron chi connectivity index (χ3n) is 2.91. The average Bonchev–Trinajstić information content (AvgIpc) is 2.89. The lowest BCUT2D eigenvalue weighted by Crippen LogP contribution is -2.29. The van der Waals surface area contributed by atoms with Gasteiger partial charge in [-0.15, -0.1) is 0 Å². The second-order valence-electron chi connectivity index (χ2n) is 4.23. The van der Waals surface area contributed by atoms with Gasteiger partial charge in [0.2, 0.25) is 0 Å². The topological polar surface area (TPSA) is 66.4 Å². The molecule has 2 rings (SSSR count). The molecule has 1 atom stereocenters. The Morgan fingerprint density at radius 1 is 1.28 bits per heavy atom. The summed E-state index contributed by atoms with van der Waals surface area (Å²) in [5, 5.41) is 12.2. The van der Waals surface area contributed by atoms with E-state index < -0.39 is 5.97 Å². The summed E-state index contributed by atoms with van der Waals surface area (Å²) in [4.78, 5) is 22.5. The normalized spacial score (nSPS) is 18.6. The second kappa shape index (κ2) is 5.91. The predicted octanol–water partition coefficient (Wildman–Crippen LogP) is 2.01. The molecule has 1 aromatic carbocycles. The maximum absolute atomic E-state index is 11.8. The standard InChI is InChI=1S/C13H15NO3S/c15-12(14-8-11-2-1-7-18-11)9-3-5-10(6-4-9)13(16)17/h3-6,11H,1-2,7-8H2,(H,14,15)(H,16,17). The maximum atomic E-state index is 11.8. The molecule has 1 amide bonds. The fraction of sp³-hybridized carbons (Fsp3) is 0.385. The molecule has 0 spiro atoms. The van der Waals surface area contributed by atoms with Gasteiger partial charge in [0.1, 0.15) is 0 Å². The summed E-state index contributed by atoms with van der Waals surface area (Å²) in [6.45, 7) is 0.685. The van der Waals surface area contributed by atoms with Crippen LogP contribution in [0, 0.1) is 0 Å². The van der Waals surface area contributed by atoms with Crippen LogP contribution in [-0.4, -0.2) is 34.5 Å². The molecule has 0 aliphatic carbocycles. The number of hydrogen-bond donors (Lipinski definition) is 2. The van der Waals surface area contributed by atoms with Gasteiger partial charge < -0.3 is 10.4 Å². The third kappa shape index (κ3) is 3.26. The first-order chi connectivity index (χ1) is 8.66. The Labute approximate surface area is 110 Å². The highest BCUT2D eigenvalue weighted by Gasteiger charge is 2.16. The molecule has 18 heavy (non-hydrogen) atoms. The molecule has 0 aromatic heterocycles. The zero-order valence-electron chi connectivity index (χ0n) is 9.89. The fourth-order valence-electron chi connectivity index (χ4n) is 1.88. The Balaban J connectivity index is 1.89. The van der Waals surface area contributed by atoms with Crippen LogP contribution in [0.5, 0.6) is 0 Å². The van der Waals surface area contributed by atoms with Crippen molar-refractivity contribution in [1.82, 2.24) is 5.32 Å². The van der Waals surface area contributed by atoms with E-state index in [9.17, 15) is 9.59 Å². The molecular formula is C13H15NO3S. The van der Waals surface area contributed by atoms with E-state index in [0.29, 0.717) is 17.4 Å². The minimum atomic E-state index is -0.982. The zero-order chi connectivity index (χ0) is 13.0. The number of carbonyl (C=O) groups is 2. The number of carbonyl (C=O) groups excluding carboxylic acids is 1. The van der Waals surface area contributed by atoms with E-state index in [1.165, 1.54) is 24.3 Å². The molecule has 0 saturated carbocycles. The van der Waals surface area contributed by atoms with E-state index in [2.05, 4.69) is 5.32 Å². The van der Waals surface area contributed by atoms with E-state index in [-0.39, 0.29) is 11.5 Å². The zero-order valence-corrected chi connectivity index (χ0v) is 10.7. The van der Waals surface area contributed by atoms with Crippen LogP contribution in [0.25, 0.3) is 0 Å². The molecule has 1 heterocycles. The highest BCUT2D eigenvalue weighted by Crippen LogP contribution is 2.25. The van der Waals surface area contributed by atoms with E-state index in [4.69, 9.17) is 5.11 Å². The largest absolute Gasteiger partial charge is 0.478 e. The maximum Gasteiger partial charge on any atom is 0.335 e. The number of benzene rings is 1. The van der Waals surface area contributed by atoms with Crippen LogP contribution in [0.4, 0.5) is 0 Å². The average molecular weight is 265 g/mol. The van der Waals surface area contributed by atoms with Crippen LogP contribution in [0.3, 0.4) is 0 Å². The molecule has 96 valence electrons. The molecule has 2 N–H and O–H groups in total. The van der Waals surface area contributed by atoms with Crippen LogP contribution < -0.4 is 5.32 Å². The van der Waals surface area contributed by atoms with Gasteiger partial charge in [-0.05, 0) is 42.9 Å². The van der Waals surface area contributed by atoms with Crippen molar-refractivity contribution in [3.63, 3.8) is 0 Å². The minimum Gasteiger partial charge on any atom is -0.478 e. The van der Waals surface area contributed by atoms with Crippen LogP contribution >= 0.6 is 11.8 Å². The SMILES string of the molecule is O=C(O)c1ccc(C(=O)NCC2CCCS2)cc1. The van der Waals surface area contributed by atoms with E-state index in [0.717, 1.165) is 6.42 Å². The van der Waals surface area contributed by atoms with E-state index >= 15 is 0 Å². The first kappa shape index (κ1) is 13.0. The molecule has 4 nitrogen and oxygen atoms in total. The molecule has 1 aliphatic heterocycles. The number of thioether (sulfide) groups is 1. The van der Waals surface area contributed by atoms with Crippen LogP contribution in [-0.2, 0) is 0 Å². The lowest BCUT2D eigenvalue weighted by atomic mass is 10.1. The molecule has 1 aromatic rings. The Morgan fingerprint density at radius 3 is 2.50 bits per heavy atom. The number of aromatic carboxylic acids is 1. The van der Waals surface area contributed by atoms with Gasteiger partial charge in [-0.1, -0.05) is 0 Å². The quantitative estimate of drug-likeness (QED) is 0.874. The number of amides is 1. The van der Waals surface area contributed by atoms with Crippen molar-refractivity contribution in [2.45, 2.75) is 18.1 Å². The lowest BCUT2D eigenvalue weighted by molar-refractivity contribution is 0.0696. The number of nitrogens with one attached hydrogen (secondary N) is 1. The first-order valence-electron chi connectivity index (χ1n) is 5.90. The number of rotatable bonds is 4. The molecule has 1 saturated heterocycles. The minimum absolute atomic E-state index is 0.139. The van der Waals surface area contributed by atoms with Crippen LogP contribution in [0.15, 0.2) is 24.3 Å². The first-order valence-corrected chi connectivity index (χ1v) is 6.95. The summed E-state index contributed by atoms with van der Waals surface area (Å²) >= 11 is 1.89. The Bertz CT molecular complexity index is 438. The Morgan fingerprint density at radius 2 is 1.94 bits per heavy atom. The summed E-state index contributed by atoms with van der Waals surface area (Å²) in [6.07, 6.45) is 2.38. The Kier molecular flexibility index (Phi) is 4.25. The molecule has 5 heteroatoms. The summed E-state index contributed by atoms with van der Waals surface area (Å²) in [5.41, 5.74) is 0.695. The van der Waals surface area contributed by atoms with Gasteiger partial charge in [0.25, 0.3) is 5.91 Å². The van der Waals surface area contributed by atoms with Gasteiger partial charge in [0, 0.05) is 17.4 Å². The molecule has 1 unspecified atom stereocenters. The molecule has 0 radical (unpaired) electrons. The van der Waals surface area contributed by atoms with Crippen LogP contribution in [0.2, 0.25) is 0 Å². The summed E-state index contributed by atoms with van der Waals surface area (Å²) in [7, 11) is 0. The monoisotopic (exact) mass is 265 g/mol. The lowest BCUT2D eigenvalue weighted by Gasteiger charge is -2.10. The van der Waals surface area contributed by atoms with E-state index in [1.807, 2.05) is 11.8 Å². The van der Waals surface area contributed by atoms with Gasteiger partial charge >= 0.3 is 5.97 Å². The van der Waals surface area contributed by atoms with E-state index in [1.54, 1.807) is 12.1 Å². The summed E-state index contributed by atoms with van der Waals surface area (Å²) in [6, 6.07) is 5.98. The smallest absolute Gasteiger partial charge is 0.335 e. The highest BCUT2D eigenvalue weighted by atomic mass is 32.2. The van der Waals surface area contributed by atoms with Crippen molar-refractivity contribution in [2.75, 3.05) is 12.3 Å². The predicted molar refractivity (Wildman–Crippen MR) is 71.2 cm³/mol. The highest BCUT2D eigenvalue weighted by molar-refractivity contribution is 8.00. The molecule has 1 fully saturated rings. The number of carboxylic acids is 1. The van der Waals surface area contributed by atoms with Crippen molar-refractivity contribution < 1.29 is 14.7 Å². The van der Waals surface area contributed by atoms with Gasteiger partial charge in [0.05, 0.1) is 5.56 Å². The van der Waals surface area contributed by atoms with Crippen molar-refractivity contribution >= 4 is 23.6 Å². The van der Waals surface area contributed by atoms with Crippen molar-refractivity contribution in [2.24, 2.45) is 0 Å². The van der Waals surface area contributed by atoms with Crippen molar-refractivity contribution in [3.8, 4) is 0 Å². The number of hydrogen-bond acceptors (Lipinski definition) is 3. The van der Waals surface area contributed by atoms with Crippen LogP contribution in [0.1, 0.15) is 33.6 Å². The third-order valence-corrected chi connectivity index (χ3v) is 4.31. The molecule has 1 aliphatic rings. The van der Waals surface area contributed by atoms with Crippen molar-refractivity contribution in [3.05, 3.63) is 35.4 Å². The molecular weight excluding hydrogens is 250 g/mol. The summed E-state index contributed by atoms with van der Waals surface area (Å²) < 4.78 is 0. The molecule has 0 bridgehead atoms.